The summed E-state index contributed by atoms with van der Waals surface area (Å²) < 4.78 is 0. The highest BCUT2D eigenvalue weighted by molar-refractivity contribution is 6.05. The molecule has 0 saturated heterocycles. The average Bonchev–Trinajstić information content (AvgIpc) is 3.32. The molecular formula is C20H21N5O. The molecular weight excluding hydrogens is 326 g/mol. The number of aromatic nitrogens is 3. The van der Waals surface area contributed by atoms with E-state index in [0.717, 1.165) is 24.3 Å². The molecule has 6 nitrogen and oxygen atoms in total. The van der Waals surface area contributed by atoms with Crippen LogP contribution in [0.5, 0.6) is 0 Å². The van der Waals surface area contributed by atoms with E-state index in [4.69, 9.17) is 0 Å². The van der Waals surface area contributed by atoms with Crippen LogP contribution in [-0.4, -0.2) is 32.0 Å². The Balaban J connectivity index is 1.57. The summed E-state index contributed by atoms with van der Waals surface area (Å²) in [4.78, 5) is 19.3. The molecule has 2 heterocycles. The third-order valence-electron chi connectivity index (χ3n) is 4.80. The van der Waals surface area contributed by atoms with Gasteiger partial charge in [-0.3, -0.25) is 14.8 Å². The Morgan fingerprint density at radius 2 is 2.04 bits per heavy atom. The van der Waals surface area contributed by atoms with Crippen LogP contribution in [0.4, 0.5) is 5.69 Å². The second-order valence-electron chi connectivity index (χ2n) is 6.81. The molecule has 0 unspecified atom stereocenters. The summed E-state index contributed by atoms with van der Waals surface area (Å²) in [6.45, 7) is 6.18. The van der Waals surface area contributed by atoms with Gasteiger partial charge >= 0.3 is 0 Å². The van der Waals surface area contributed by atoms with Gasteiger partial charge in [0.2, 0.25) is 0 Å². The molecule has 2 aromatic carbocycles. The number of rotatable bonds is 4. The fraction of sp³-hybridized carbons (Fsp3) is 0.250. The lowest BCUT2D eigenvalue weighted by molar-refractivity contribution is 0.102. The Labute approximate surface area is 152 Å². The number of nitrogens with one attached hydrogen (secondary N) is 2. The van der Waals surface area contributed by atoms with E-state index in [9.17, 15) is 4.79 Å². The van der Waals surface area contributed by atoms with Gasteiger partial charge in [-0.1, -0.05) is 24.3 Å². The molecule has 0 atom stereocenters. The predicted octanol–water partition coefficient (Wildman–Crippen LogP) is 3.45. The van der Waals surface area contributed by atoms with Crippen molar-refractivity contribution in [3.05, 3.63) is 65.5 Å². The number of carbonyl (C=O) groups is 1. The van der Waals surface area contributed by atoms with Crippen LogP contribution in [0.15, 0.2) is 48.8 Å². The SMILES string of the molecule is CC(C)N1Cc2cccc(NC(=O)c3cccc(-c4ncn[nH]4)c3)c2C1. The van der Waals surface area contributed by atoms with E-state index in [1.807, 2.05) is 30.3 Å². The molecule has 0 radical (unpaired) electrons. The fourth-order valence-corrected chi connectivity index (χ4v) is 3.28. The third-order valence-corrected chi connectivity index (χ3v) is 4.80. The summed E-state index contributed by atoms with van der Waals surface area (Å²) in [7, 11) is 0. The van der Waals surface area contributed by atoms with Crippen LogP contribution in [0, 0.1) is 0 Å². The van der Waals surface area contributed by atoms with Gasteiger partial charge in [0.05, 0.1) is 0 Å². The number of H-pyrrole nitrogens is 1. The normalized spacial score (nSPS) is 13.8. The van der Waals surface area contributed by atoms with Gasteiger partial charge in [0.25, 0.3) is 5.91 Å². The standard InChI is InChI=1S/C20H21N5O/c1-13(2)25-10-16-7-4-8-18(17(16)11-25)23-20(26)15-6-3-5-14(9-15)19-21-12-22-24-19/h3-9,12-13H,10-11H2,1-2H3,(H,23,26)(H,21,22,24). The summed E-state index contributed by atoms with van der Waals surface area (Å²) in [5.74, 6) is 0.524. The minimum absolute atomic E-state index is 0.122. The minimum Gasteiger partial charge on any atom is -0.322 e. The first-order valence-corrected chi connectivity index (χ1v) is 8.74. The number of anilines is 1. The topological polar surface area (TPSA) is 73.9 Å². The average molecular weight is 347 g/mol. The number of amides is 1. The molecule has 0 fully saturated rings. The van der Waals surface area contributed by atoms with Crippen molar-refractivity contribution in [3.63, 3.8) is 0 Å². The Morgan fingerprint density at radius 1 is 1.19 bits per heavy atom. The maximum Gasteiger partial charge on any atom is 0.255 e. The van der Waals surface area contributed by atoms with E-state index >= 15 is 0 Å². The number of aromatic amines is 1. The molecule has 0 saturated carbocycles. The first-order chi connectivity index (χ1) is 12.6. The zero-order chi connectivity index (χ0) is 18.1. The number of hydrogen-bond donors (Lipinski definition) is 2. The smallest absolute Gasteiger partial charge is 0.255 e. The lowest BCUT2D eigenvalue weighted by Crippen LogP contribution is -2.24. The van der Waals surface area contributed by atoms with E-state index in [1.54, 1.807) is 6.07 Å². The Hall–Kier alpha value is -2.99. The van der Waals surface area contributed by atoms with Crippen LogP contribution in [0.3, 0.4) is 0 Å². The maximum atomic E-state index is 12.8. The number of carbonyl (C=O) groups excluding carboxylic acids is 1. The Bertz CT molecular complexity index is 933. The zero-order valence-electron chi connectivity index (χ0n) is 14.9. The van der Waals surface area contributed by atoms with Crippen LogP contribution in [0.25, 0.3) is 11.4 Å². The summed E-state index contributed by atoms with van der Waals surface area (Å²) in [6.07, 6.45) is 1.45. The molecule has 1 aliphatic rings. The van der Waals surface area contributed by atoms with Crippen LogP contribution in [-0.2, 0) is 13.1 Å². The first kappa shape index (κ1) is 16.5. The first-order valence-electron chi connectivity index (χ1n) is 8.74. The lowest BCUT2D eigenvalue weighted by Gasteiger charge is -2.19. The zero-order valence-corrected chi connectivity index (χ0v) is 14.9. The van der Waals surface area contributed by atoms with Crippen molar-refractivity contribution in [1.29, 1.82) is 0 Å². The van der Waals surface area contributed by atoms with Crippen LogP contribution in [0.2, 0.25) is 0 Å². The lowest BCUT2D eigenvalue weighted by atomic mass is 10.1. The Kier molecular flexibility index (Phi) is 4.26. The van der Waals surface area contributed by atoms with Crippen molar-refractivity contribution in [2.45, 2.75) is 33.0 Å². The van der Waals surface area contributed by atoms with Gasteiger partial charge in [0.1, 0.15) is 6.33 Å². The summed E-state index contributed by atoms with van der Waals surface area (Å²) in [6, 6.07) is 14.0. The van der Waals surface area contributed by atoms with Gasteiger partial charge in [0.15, 0.2) is 5.82 Å². The molecule has 132 valence electrons. The molecule has 4 rings (SSSR count). The van der Waals surface area contributed by atoms with Gasteiger partial charge < -0.3 is 5.32 Å². The number of nitrogens with zero attached hydrogens (tertiary/aromatic N) is 3. The van der Waals surface area contributed by atoms with Crippen molar-refractivity contribution >= 4 is 11.6 Å². The highest BCUT2D eigenvalue weighted by Gasteiger charge is 2.24. The van der Waals surface area contributed by atoms with Crippen molar-refractivity contribution in [3.8, 4) is 11.4 Å². The van der Waals surface area contributed by atoms with Gasteiger partial charge in [-0.25, -0.2) is 4.98 Å². The molecule has 1 aliphatic heterocycles. The molecule has 0 aliphatic carbocycles. The van der Waals surface area contributed by atoms with E-state index in [0.29, 0.717) is 17.4 Å². The van der Waals surface area contributed by atoms with Crippen molar-refractivity contribution in [1.82, 2.24) is 20.1 Å². The van der Waals surface area contributed by atoms with E-state index in [1.165, 1.54) is 17.5 Å². The number of fused-ring (bicyclic) bond motifs is 1. The summed E-state index contributed by atoms with van der Waals surface area (Å²) in [5, 5.41) is 9.76. The molecule has 0 spiro atoms. The molecule has 6 heteroatoms. The van der Waals surface area contributed by atoms with Crippen molar-refractivity contribution in [2.24, 2.45) is 0 Å². The third kappa shape index (κ3) is 3.11. The van der Waals surface area contributed by atoms with Gasteiger partial charge in [0, 0.05) is 35.9 Å². The van der Waals surface area contributed by atoms with Crippen molar-refractivity contribution in [2.75, 3.05) is 5.32 Å². The highest BCUT2D eigenvalue weighted by atomic mass is 16.1. The molecule has 26 heavy (non-hydrogen) atoms. The van der Waals surface area contributed by atoms with Gasteiger partial charge in [-0.2, -0.15) is 5.10 Å². The highest BCUT2D eigenvalue weighted by Crippen LogP contribution is 2.31. The molecule has 1 amide bonds. The summed E-state index contributed by atoms with van der Waals surface area (Å²) in [5.41, 5.74) is 4.81. The summed E-state index contributed by atoms with van der Waals surface area (Å²) >= 11 is 0. The van der Waals surface area contributed by atoms with E-state index < -0.39 is 0 Å². The molecule has 1 aromatic heterocycles. The quantitative estimate of drug-likeness (QED) is 0.758. The minimum atomic E-state index is -0.122. The monoisotopic (exact) mass is 347 g/mol. The second kappa shape index (κ2) is 6.72. The van der Waals surface area contributed by atoms with Crippen LogP contribution >= 0.6 is 0 Å². The van der Waals surface area contributed by atoms with E-state index in [-0.39, 0.29) is 5.91 Å². The van der Waals surface area contributed by atoms with Gasteiger partial charge in [-0.15, -0.1) is 0 Å². The predicted molar refractivity (Wildman–Crippen MR) is 101 cm³/mol. The number of hydrogen-bond acceptors (Lipinski definition) is 4. The van der Waals surface area contributed by atoms with E-state index in [2.05, 4.69) is 45.3 Å². The largest absolute Gasteiger partial charge is 0.322 e. The molecule has 0 bridgehead atoms. The molecule has 3 aromatic rings. The number of benzene rings is 2. The maximum absolute atomic E-state index is 12.8. The van der Waals surface area contributed by atoms with Crippen LogP contribution < -0.4 is 5.32 Å². The molecule has 2 N–H and O–H groups in total. The second-order valence-corrected chi connectivity index (χ2v) is 6.81. The van der Waals surface area contributed by atoms with Crippen molar-refractivity contribution < 1.29 is 4.79 Å². The van der Waals surface area contributed by atoms with Crippen LogP contribution in [0.1, 0.15) is 35.3 Å². The Morgan fingerprint density at radius 3 is 2.81 bits per heavy atom. The van der Waals surface area contributed by atoms with Gasteiger partial charge in [-0.05, 0) is 43.2 Å². The fourth-order valence-electron chi connectivity index (χ4n) is 3.28.